The van der Waals surface area contributed by atoms with Crippen LogP contribution in [-0.2, 0) is 4.74 Å². The Morgan fingerprint density at radius 1 is 1.48 bits per heavy atom. The first-order chi connectivity index (χ1) is 10.2. The molecule has 1 atom stereocenters. The van der Waals surface area contributed by atoms with Crippen molar-refractivity contribution in [3.05, 3.63) is 6.33 Å². The highest BCUT2D eigenvalue weighted by Crippen LogP contribution is 2.34. The van der Waals surface area contributed by atoms with Crippen LogP contribution < -0.4 is 4.90 Å². The van der Waals surface area contributed by atoms with Crippen molar-refractivity contribution < 1.29 is 4.74 Å². The first-order valence-electron chi connectivity index (χ1n) is 7.19. The standard InChI is InChI=1S/C14H20N4OS2/c1-9(2)6-10-7-19-5-4-18(10)13-11-12(15-8-16-13)17-14(20-3)21-11/h8-10H,4-7H2,1-3H3. The highest BCUT2D eigenvalue weighted by Gasteiger charge is 2.27. The van der Waals surface area contributed by atoms with Crippen molar-refractivity contribution >= 4 is 39.3 Å². The number of thiazole rings is 1. The second-order valence-corrected chi connectivity index (χ2v) is 7.64. The third kappa shape index (κ3) is 3.14. The molecule has 1 aliphatic heterocycles. The molecule has 0 spiro atoms. The van der Waals surface area contributed by atoms with E-state index in [1.165, 1.54) is 0 Å². The average Bonchev–Trinajstić information content (AvgIpc) is 2.90. The summed E-state index contributed by atoms with van der Waals surface area (Å²) in [5, 5.41) is 0. The van der Waals surface area contributed by atoms with Crippen molar-refractivity contribution in [1.82, 2.24) is 15.0 Å². The second-order valence-electron chi connectivity index (χ2n) is 5.59. The summed E-state index contributed by atoms with van der Waals surface area (Å²) >= 11 is 3.34. The monoisotopic (exact) mass is 324 g/mol. The zero-order chi connectivity index (χ0) is 14.8. The Labute approximate surface area is 133 Å². The van der Waals surface area contributed by atoms with Gasteiger partial charge < -0.3 is 9.64 Å². The van der Waals surface area contributed by atoms with Gasteiger partial charge in [-0.3, -0.25) is 0 Å². The van der Waals surface area contributed by atoms with E-state index in [0.717, 1.165) is 46.7 Å². The fourth-order valence-electron chi connectivity index (χ4n) is 2.69. The van der Waals surface area contributed by atoms with Gasteiger partial charge in [-0.2, -0.15) is 0 Å². The lowest BCUT2D eigenvalue weighted by Gasteiger charge is -2.37. The van der Waals surface area contributed by atoms with Gasteiger partial charge in [-0.05, 0) is 18.6 Å². The minimum absolute atomic E-state index is 0.386. The van der Waals surface area contributed by atoms with Crippen LogP contribution in [0.2, 0.25) is 0 Å². The summed E-state index contributed by atoms with van der Waals surface area (Å²) in [7, 11) is 0. The van der Waals surface area contributed by atoms with Gasteiger partial charge in [-0.15, -0.1) is 11.3 Å². The lowest BCUT2D eigenvalue weighted by molar-refractivity contribution is 0.0875. The van der Waals surface area contributed by atoms with Crippen LogP contribution in [0.5, 0.6) is 0 Å². The summed E-state index contributed by atoms with van der Waals surface area (Å²) in [5.41, 5.74) is 0.809. The molecule has 0 radical (unpaired) electrons. The van der Waals surface area contributed by atoms with Crippen molar-refractivity contribution in [2.45, 2.75) is 30.6 Å². The van der Waals surface area contributed by atoms with Crippen LogP contribution in [0.4, 0.5) is 5.82 Å². The van der Waals surface area contributed by atoms with Gasteiger partial charge in [0.05, 0.1) is 19.3 Å². The highest BCUT2D eigenvalue weighted by molar-refractivity contribution is 8.00. The fourth-order valence-corrected chi connectivity index (χ4v) is 4.21. The van der Waals surface area contributed by atoms with E-state index in [0.29, 0.717) is 12.0 Å². The summed E-state index contributed by atoms with van der Waals surface area (Å²) in [4.78, 5) is 15.8. The number of nitrogens with zero attached hydrogens (tertiary/aromatic N) is 4. The van der Waals surface area contributed by atoms with E-state index in [4.69, 9.17) is 4.74 Å². The van der Waals surface area contributed by atoms with Gasteiger partial charge in [-0.25, -0.2) is 15.0 Å². The van der Waals surface area contributed by atoms with Crippen LogP contribution in [-0.4, -0.2) is 47.0 Å². The van der Waals surface area contributed by atoms with Gasteiger partial charge in [-0.1, -0.05) is 25.6 Å². The number of ether oxygens (including phenoxy) is 1. The summed E-state index contributed by atoms with van der Waals surface area (Å²) in [5.74, 6) is 1.66. The number of hydrogen-bond donors (Lipinski definition) is 0. The average molecular weight is 324 g/mol. The summed E-state index contributed by atoms with van der Waals surface area (Å²) in [6.45, 7) is 6.92. The lowest BCUT2D eigenvalue weighted by Crippen LogP contribution is -2.46. The molecule has 3 heterocycles. The van der Waals surface area contributed by atoms with Crippen molar-refractivity contribution in [2.24, 2.45) is 5.92 Å². The van der Waals surface area contributed by atoms with Crippen molar-refractivity contribution in [3.63, 3.8) is 0 Å². The topological polar surface area (TPSA) is 51.1 Å². The van der Waals surface area contributed by atoms with E-state index in [1.54, 1.807) is 29.4 Å². The van der Waals surface area contributed by atoms with E-state index in [-0.39, 0.29) is 0 Å². The minimum atomic E-state index is 0.386. The van der Waals surface area contributed by atoms with E-state index in [9.17, 15) is 0 Å². The Bertz CT molecular complexity index is 616. The van der Waals surface area contributed by atoms with Crippen molar-refractivity contribution in [3.8, 4) is 0 Å². The van der Waals surface area contributed by atoms with Crippen LogP contribution in [0, 0.1) is 5.92 Å². The smallest absolute Gasteiger partial charge is 0.176 e. The van der Waals surface area contributed by atoms with E-state index >= 15 is 0 Å². The highest BCUT2D eigenvalue weighted by atomic mass is 32.2. The van der Waals surface area contributed by atoms with Crippen LogP contribution in [0.1, 0.15) is 20.3 Å². The number of aromatic nitrogens is 3. The first kappa shape index (κ1) is 15.0. The predicted molar refractivity (Wildman–Crippen MR) is 88.4 cm³/mol. The molecule has 0 saturated carbocycles. The molecule has 7 heteroatoms. The zero-order valence-electron chi connectivity index (χ0n) is 12.6. The second kappa shape index (κ2) is 6.46. The van der Waals surface area contributed by atoms with Crippen molar-refractivity contribution in [1.29, 1.82) is 0 Å². The maximum Gasteiger partial charge on any atom is 0.176 e. The largest absolute Gasteiger partial charge is 0.377 e. The summed E-state index contributed by atoms with van der Waals surface area (Å²) in [6.07, 6.45) is 4.78. The third-order valence-corrected chi connectivity index (χ3v) is 5.60. The van der Waals surface area contributed by atoms with Crippen molar-refractivity contribution in [2.75, 3.05) is 30.9 Å². The molecule has 0 amide bonds. The number of morpholine rings is 1. The van der Waals surface area contributed by atoms with Crippen LogP contribution in [0.3, 0.4) is 0 Å². The molecule has 1 fully saturated rings. The minimum Gasteiger partial charge on any atom is -0.377 e. The summed E-state index contributed by atoms with van der Waals surface area (Å²) < 4.78 is 7.81. The number of rotatable bonds is 4. The number of thioether (sulfide) groups is 1. The maximum absolute atomic E-state index is 5.67. The predicted octanol–water partition coefficient (Wildman–Crippen LogP) is 3.06. The molecule has 114 valence electrons. The molecule has 0 N–H and O–H groups in total. The zero-order valence-corrected chi connectivity index (χ0v) is 14.2. The molecule has 0 aliphatic carbocycles. The molecule has 0 aromatic carbocycles. The molecule has 1 unspecified atom stereocenters. The molecular formula is C14H20N4OS2. The van der Waals surface area contributed by atoms with Gasteiger partial charge in [0, 0.05) is 6.54 Å². The number of fused-ring (bicyclic) bond motifs is 1. The van der Waals surface area contributed by atoms with Gasteiger partial charge in [0.2, 0.25) is 0 Å². The molecule has 2 aromatic heterocycles. The number of anilines is 1. The Morgan fingerprint density at radius 3 is 3.10 bits per heavy atom. The number of hydrogen-bond acceptors (Lipinski definition) is 7. The molecule has 3 rings (SSSR count). The fraction of sp³-hybridized carbons (Fsp3) is 0.643. The Balaban J connectivity index is 1.98. The normalized spacial score (nSPS) is 19.6. The molecule has 2 aromatic rings. The maximum atomic E-state index is 5.67. The lowest BCUT2D eigenvalue weighted by atomic mass is 10.0. The molecule has 0 bridgehead atoms. The SMILES string of the molecule is CSc1nc2ncnc(N3CCOCC3CC(C)C)c2s1. The Hall–Kier alpha value is -0.920. The molecule has 1 aliphatic rings. The molecule has 21 heavy (non-hydrogen) atoms. The summed E-state index contributed by atoms with van der Waals surface area (Å²) in [6, 6.07) is 0.386. The van der Waals surface area contributed by atoms with Gasteiger partial charge in [0.15, 0.2) is 15.8 Å². The van der Waals surface area contributed by atoms with Gasteiger partial charge >= 0.3 is 0 Å². The van der Waals surface area contributed by atoms with Gasteiger partial charge in [0.25, 0.3) is 0 Å². The van der Waals surface area contributed by atoms with Crippen LogP contribution in [0.25, 0.3) is 10.3 Å². The van der Waals surface area contributed by atoms with Crippen LogP contribution in [0.15, 0.2) is 10.7 Å². The molecular weight excluding hydrogens is 304 g/mol. The third-order valence-electron chi connectivity index (χ3n) is 3.57. The quantitative estimate of drug-likeness (QED) is 0.806. The molecule has 5 nitrogen and oxygen atoms in total. The van der Waals surface area contributed by atoms with E-state index < -0.39 is 0 Å². The van der Waals surface area contributed by atoms with Crippen LogP contribution >= 0.6 is 23.1 Å². The molecule has 1 saturated heterocycles. The Kier molecular flexibility index (Phi) is 4.61. The van der Waals surface area contributed by atoms with Gasteiger partial charge in [0.1, 0.15) is 11.0 Å². The van der Waals surface area contributed by atoms with E-state index in [2.05, 4.69) is 33.7 Å². The Morgan fingerprint density at radius 2 is 2.33 bits per heavy atom. The first-order valence-corrected chi connectivity index (χ1v) is 9.23. The van der Waals surface area contributed by atoms with E-state index in [1.807, 2.05) is 6.26 Å².